The predicted molar refractivity (Wildman–Crippen MR) is 50.5 cm³/mol. The lowest BCUT2D eigenvalue weighted by Gasteiger charge is -2.27. The molecular formula is C9H16N2O2. The molecule has 1 amide bonds. The first-order valence-electron chi connectivity index (χ1n) is 4.41. The van der Waals surface area contributed by atoms with Crippen molar-refractivity contribution in [3.8, 4) is 0 Å². The lowest BCUT2D eigenvalue weighted by Crippen LogP contribution is -2.43. The fourth-order valence-electron chi connectivity index (χ4n) is 1.29. The monoisotopic (exact) mass is 184 g/mol. The van der Waals surface area contributed by atoms with Crippen LogP contribution in [0.15, 0.2) is 12.2 Å². The molecule has 1 aliphatic heterocycles. The molecule has 4 heteroatoms. The number of hydrogen-bond acceptors (Lipinski definition) is 3. The molecule has 13 heavy (non-hydrogen) atoms. The van der Waals surface area contributed by atoms with Gasteiger partial charge < -0.3 is 15.0 Å². The molecule has 1 fully saturated rings. The van der Waals surface area contributed by atoms with Crippen molar-refractivity contribution in [3.63, 3.8) is 0 Å². The van der Waals surface area contributed by atoms with E-state index in [4.69, 9.17) is 4.74 Å². The van der Waals surface area contributed by atoms with Gasteiger partial charge in [-0.15, -0.1) is 0 Å². The van der Waals surface area contributed by atoms with Crippen LogP contribution in [0.4, 0.5) is 0 Å². The Morgan fingerprint density at radius 3 is 3.15 bits per heavy atom. The van der Waals surface area contributed by atoms with Crippen LogP contribution in [-0.4, -0.2) is 50.7 Å². The van der Waals surface area contributed by atoms with Gasteiger partial charge in [0.25, 0.3) is 0 Å². The van der Waals surface area contributed by atoms with Crippen LogP contribution in [0.3, 0.4) is 0 Å². The molecule has 1 rings (SSSR count). The summed E-state index contributed by atoms with van der Waals surface area (Å²) in [5.74, 6) is 0.0588. The predicted octanol–water partition coefficient (Wildman–Crippen LogP) is -0.379. The first-order valence-corrected chi connectivity index (χ1v) is 4.41. The number of nitrogens with one attached hydrogen (secondary N) is 1. The van der Waals surface area contributed by atoms with Gasteiger partial charge in [0.05, 0.1) is 6.61 Å². The van der Waals surface area contributed by atoms with Crippen molar-refractivity contribution in [1.82, 2.24) is 10.2 Å². The second kappa shape index (κ2) is 4.99. The number of likely N-dealkylation sites (N-methyl/N-ethyl adjacent to an activating group) is 1. The molecule has 0 aliphatic carbocycles. The Morgan fingerprint density at radius 1 is 1.77 bits per heavy atom. The molecule has 0 spiro atoms. The second-order valence-electron chi connectivity index (χ2n) is 3.15. The normalized spacial score (nSPS) is 17.6. The number of carbonyl (C=O) groups is 1. The molecule has 74 valence electrons. The van der Waals surface area contributed by atoms with Gasteiger partial charge in [-0.3, -0.25) is 4.79 Å². The zero-order valence-electron chi connectivity index (χ0n) is 8.01. The van der Waals surface area contributed by atoms with E-state index in [9.17, 15) is 4.79 Å². The fourth-order valence-corrected chi connectivity index (χ4v) is 1.29. The maximum atomic E-state index is 11.3. The maximum Gasteiger partial charge on any atom is 0.248 e. The van der Waals surface area contributed by atoms with Crippen LogP contribution in [0.25, 0.3) is 0 Å². The van der Waals surface area contributed by atoms with Gasteiger partial charge in [0, 0.05) is 19.6 Å². The average Bonchev–Trinajstić information content (AvgIpc) is 2.09. The summed E-state index contributed by atoms with van der Waals surface area (Å²) in [7, 11) is 1.87. The van der Waals surface area contributed by atoms with Crippen molar-refractivity contribution in [2.24, 2.45) is 0 Å². The highest BCUT2D eigenvalue weighted by Crippen LogP contribution is 2.01. The van der Waals surface area contributed by atoms with Gasteiger partial charge >= 0.3 is 0 Å². The van der Waals surface area contributed by atoms with Crippen LogP contribution in [0.2, 0.25) is 0 Å². The molecule has 0 aromatic rings. The highest BCUT2D eigenvalue weighted by atomic mass is 16.5. The third-order valence-corrected chi connectivity index (χ3v) is 1.93. The molecule has 0 unspecified atom stereocenters. The number of rotatable bonds is 4. The maximum absolute atomic E-state index is 11.3. The molecule has 1 saturated heterocycles. The van der Waals surface area contributed by atoms with Crippen molar-refractivity contribution in [2.75, 3.05) is 39.9 Å². The number of morpholine rings is 1. The Hall–Kier alpha value is -0.870. The largest absolute Gasteiger partial charge is 0.370 e. The third-order valence-electron chi connectivity index (χ3n) is 1.93. The molecule has 1 heterocycles. The summed E-state index contributed by atoms with van der Waals surface area (Å²) < 4.78 is 5.02. The zero-order valence-corrected chi connectivity index (χ0v) is 8.01. The van der Waals surface area contributed by atoms with E-state index in [1.54, 1.807) is 4.90 Å². The molecule has 0 aromatic carbocycles. The minimum atomic E-state index is 0.0588. The Labute approximate surface area is 78.5 Å². The van der Waals surface area contributed by atoms with Gasteiger partial charge in [-0.25, -0.2) is 0 Å². The smallest absolute Gasteiger partial charge is 0.248 e. The quantitative estimate of drug-likeness (QED) is 0.606. The summed E-state index contributed by atoms with van der Waals surface area (Å²) in [6.07, 6.45) is 0. The first kappa shape index (κ1) is 10.2. The summed E-state index contributed by atoms with van der Waals surface area (Å²) >= 11 is 0. The van der Waals surface area contributed by atoms with Gasteiger partial charge in [0.15, 0.2) is 0 Å². The third kappa shape index (κ3) is 3.16. The number of hydrogen-bond donors (Lipinski definition) is 1. The Morgan fingerprint density at radius 2 is 2.54 bits per heavy atom. The summed E-state index contributed by atoms with van der Waals surface area (Å²) in [6.45, 7) is 6.81. The van der Waals surface area contributed by atoms with Crippen LogP contribution in [-0.2, 0) is 9.53 Å². The lowest BCUT2D eigenvalue weighted by atomic mass is 10.2. The highest BCUT2D eigenvalue weighted by molar-refractivity contribution is 5.78. The molecule has 4 nitrogen and oxygen atoms in total. The molecule has 0 bridgehead atoms. The van der Waals surface area contributed by atoms with E-state index >= 15 is 0 Å². The zero-order chi connectivity index (χ0) is 9.68. The number of ether oxygens (including phenoxy) is 1. The summed E-state index contributed by atoms with van der Waals surface area (Å²) in [5, 5.41) is 3.00. The van der Waals surface area contributed by atoms with Crippen LogP contribution < -0.4 is 5.32 Å². The van der Waals surface area contributed by atoms with Gasteiger partial charge in [0.2, 0.25) is 5.91 Å². The number of amides is 1. The SMILES string of the molecule is C=C(CNC)CN1CCOCC1=O. The van der Waals surface area contributed by atoms with Crippen molar-refractivity contribution in [1.29, 1.82) is 0 Å². The molecule has 1 aliphatic rings. The molecule has 1 N–H and O–H groups in total. The van der Waals surface area contributed by atoms with E-state index in [1.807, 2.05) is 7.05 Å². The minimum absolute atomic E-state index is 0.0588. The van der Waals surface area contributed by atoms with E-state index in [-0.39, 0.29) is 12.5 Å². The molecule has 0 radical (unpaired) electrons. The molecule has 0 aromatic heterocycles. The topological polar surface area (TPSA) is 41.6 Å². The summed E-state index contributed by atoms with van der Waals surface area (Å²) in [6, 6.07) is 0. The van der Waals surface area contributed by atoms with Crippen LogP contribution in [0.1, 0.15) is 0 Å². The van der Waals surface area contributed by atoms with Crippen molar-refractivity contribution < 1.29 is 9.53 Å². The average molecular weight is 184 g/mol. The van der Waals surface area contributed by atoms with E-state index in [0.29, 0.717) is 19.7 Å². The summed E-state index contributed by atoms with van der Waals surface area (Å²) in [4.78, 5) is 13.1. The molecular weight excluding hydrogens is 168 g/mol. The van der Waals surface area contributed by atoms with Crippen LogP contribution in [0, 0.1) is 0 Å². The second-order valence-corrected chi connectivity index (χ2v) is 3.15. The molecule has 0 saturated carbocycles. The first-order chi connectivity index (χ1) is 6.24. The van der Waals surface area contributed by atoms with Gasteiger partial charge in [-0.1, -0.05) is 6.58 Å². The van der Waals surface area contributed by atoms with E-state index in [2.05, 4.69) is 11.9 Å². The van der Waals surface area contributed by atoms with E-state index < -0.39 is 0 Å². The number of carbonyl (C=O) groups excluding carboxylic acids is 1. The van der Waals surface area contributed by atoms with E-state index in [0.717, 1.165) is 12.1 Å². The highest BCUT2D eigenvalue weighted by Gasteiger charge is 2.18. The van der Waals surface area contributed by atoms with Crippen molar-refractivity contribution >= 4 is 5.91 Å². The fraction of sp³-hybridized carbons (Fsp3) is 0.667. The Balaban J connectivity index is 2.33. The van der Waals surface area contributed by atoms with E-state index in [1.165, 1.54) is 0 Å². The van der Waals surface area contributed by atoms with Crippen molar-refractivity contribution in [2.45, 2.75) is 0 Å². The lowest BCUT2D eigenvalue weighted by molar-refractivity contribution is -0.142. The Bertz CT molecular complexity index is 204. The van der Waals surface area contributed by atoms with Crippen LogP contribution >= 0.6 is 0 Å². The van der Waals surface area contributed by atoms with Crippen LogP contribution in [0.5, 0.6) is 0 Å². The van der Waals surface area contributed by atoms with Gasteiger partial charge in [-0.05, 0) is 12.6 Å². The standard InChI is InChI=1S/C9H16N2O2/c1-8(5-10-2)6-11-3-4-13-7-9(11)12/h10H,1,3-7H2,2H3. The molecule has 0 atom stereocenters. The van der Waals surface area contributed by atoms with Crippen molar-refractivity contribution in [3.05, 3.63) is 12.2 Å². The minimum Gasteiger partial charge on any atom is -0.370 e. The summed E-state index contributed by atoms with van der Waals surface area (Å²) in [5.41, 5.74) is 1.03. The number of nitrogens with zero attached hydrogens (tertiary/aromatic N) is 1. The Kier molecular flexibility index (Phi) is 3.92. The van der Waals surface area contributed by atoms with Gasteiger partial charge in [-0.2, -0.15) is 0 Å². The van der Waals surface area contributed by atoms with Gasteiger partial charge in [0.1, 0.15) is 6.61 Å².